The summed E-state index contributed by atoms with van der Waals surface area (Å²) in [4.78, 5) is 9.98. The maximum absolute atomic E-state index is 9.98. The Balaban J connectivity index is 0. The fourth-order valence-corrected chi connectivity index (χ4v) is 0.748. The topological polar surface area (TPSA) is 104 Å². The van der Waals surface area contributed by atoms with E-state index < -0.39 is 26.4 Å². The van der Waals surface area contributed by atoms with E-state index in [1.54, 1.807) is 5.09 Å². The van der Waals surface area contributed by atoms with Crippen LogP contribution in [0.1, 0.15) is 0 Å². The third kappa shape index (κ3) is 5.93. The van der Waals surface area contributed by atoms with E-state index >= 15 is 0 Å². The summed E-state index contributed by atoms with van der Waals surface area (Å²) in [6, 6.07) is -1.43. The lowest BCUT2D eigenvalue weighted by molar-refractivity contribution is -0.139. The minimum absolute atomic E-state index is 0. The van der Waals surface area contributed by atoms with Gasteiger partial charge in [-0.2, -0.15) is 5.09 Å². The molecule has 0 heterocycles. The second kappa shape index (κ2) is 6.23. The molecule has 1 unspecified atom stereocenters. The van der Waals surface area contributed by atoms with Gasteiger partial charge in [-0.3, -0.25) is 4.79 Å². The van der Waals surface area contributed by atoms with Crippen molar-refractivity contribution in [3.8, 4) is 0 Å². The molecule has 0 radical (unpaired) electrons. The van der Waals surface area contributed by atoms with Gasteiger partial charge in [0.15, 0.2) is 0 Å². The number of hydrogen-bond donors (Lipinski definition) is 3. The number of carboxylic acids is 1. The number of nitrogens with one attached hydrogen (secondary N) is 1. The van der Waals surface area contributed by atoms with Crippen molar-refractivity contribution in [2.75, 3.05) is 6.61 Å². The van der Waals surface area contributed by atoms with E-state index in [9.17, 15) is 13.9 Å². The number of carbonyl (C=O) groups is 1. The molecule has 8 heteroatoms. The molecular formula is C3H10NO5PSi. The largest absolute Gasteiger partial charge is 0.480 e. The second-order valence-corrected chi connectivity index (χ2v) is 2.23. The number of aliphatic hydroxyl groups excluding tert-OH is 1. The zero-order valence-corrected chi connectivity index (χ0v) is 5.75. The van der Waals surface area contributed by atoms with Crippen LogP contribution >= 0.6 is 7.83 Å². The summed E-state index contributed by atoms with van der Waals surface area (Å²) >= 11 is 0. The fourth-order valence-electron chi connectivity index (χ4n) is 0.301. The van der Waals surface area contributed by atoms with Gasteiger partial charge in [-0.25, -0.2) is 9.13 Å². The summed E-state index contributed by atoms with van der Waals surface area (Å²) in [6.45, 7) is -0.751. The molecule has 0 aromatic rings. The molecule has 0 saturated heterocycles. The van der Waals surface area contributed by atoms with Crippen LogP contribution in [0.4, 0.5) is 0 Å². The minimum Gasteiger partial charge on any atom is -0.480 e. The number of hydrogen-bond acceptors (Lipinski definition) is 4. The van der Waals surface area contributed by atoms with Crippen LogP contribution in [0, 0.1) is 0 Å². The molecule has 0 amide bonds. The van der Waals surface area contributed by atoms with E-state index in [4.69, 9.17) is 10.2 Å². The first-order valence-corrected chi connectivity index (χ1v) is 3.50. The van der Waals surface area contributed by atoms with Crippen molar-refractivity contribution in [3.05, 3.63) is 0 Å². The van der Waals surface area contributed by atoms with Gasteiger partial charge in [-0.15, -0.1) is 0 Å². The first-order chi connectivity index (χ1) is 4.57. The second-order valence-electron chi connectivity index (χ2n) is 1.46. The molecule has 0 aliphatic rings. The van der Waals surface area contributed by atoms with Gasteiger partial charge in [-0.05, 0) is 11.0 Å². The summed E-state index contributed by atoms with van der Waals surface area (Å²) in [6.07, 6.45) is 0. The molecule has 6 nitrogen and oxygen atoms in total. The molecule has 0 saturated carbocycles. The van der Waals surface area contributed by atoms with Crippen LogP contribution in [0.3, 0.4) is 0 Å². The lowest BCUT2D eigenvalue weighted by atomic mass is 10.3. The van der Waals surface area contributed by atoms with E-state index in [0.29, 0.717) is 0 Å². The van der Waals surface area contributed by atoms with Crippen LogP contribution in [0.5, 0.6) is 0 Å². The van der Waals surface area contributed by atoms with Crippen molar-refractivity contribution >= 4 is 24.8 Å². The van der Waals surface area contributed by atoms with Gasteiger partial charge >= 0.3 is 13.8 Å². The lowest BCUT2D eigenvalue weighted by Gasteiger charge is -2.02. The number of aliphatic carboxylic acids is 1. The van der Waals surface area contributed by atoms with Crippen LogP contribution in [0.2, 0.25) is 0 Å². The molecule has 66 valence electrons. The average Bonchev–Trinajstić information content (AvgIpc) is 1.81. The molecule has 0 spiro atoms. The number of rotatable bonds is 4. The molecule has 0 fully saturated rings. The molecule has 0 bridgehead atoms. The predicted molar refractivity (Wildman–Crippen MR) is 41.3 cm³/mol. The monoisotopic (exact) mass is 199 g/mol. The van der Waals surface area contributed by atoms with E-state index in [-0.39, 0.29) is 11.0 Å². The molecular weight excluding hydrogens is 189 g/mol. The van der Waals surface area contributed by atoms with Gasteiger partial charge in [0.1, 0.15) is 6.04 Å². The molecule has 0 aromatic carbocycles. The highest BCUT2D eigenvalue weighted by molar-refractivity contribution is 7.28. The third-order valence-corrected chi connectivity index (χ3v) is 1.26. The van der Waals surface area contributed by atoms with Crippen molar-refractivity contribution in [2.45, 2.75) is 6.04 Å². The van der Waals surface area contributed by atoms with Gasteiger partial charge in [0, 0.05) is 0 Å². The van der Waals surface area contributed by atoms with Gasteiger partial charge in [0.2, 0.25) is 0 Å². The first-order valence-electron chi connectivity index (χ1n) is 2.32. The Kier molecular flexibility index (Phi) is 7.43. The molecule has 3 N–H and O–H groups in total. The normalized spacial score (nSPS) is 11.4. The minimum atomic E-state index is -2.97. The molecule has 0 aromatic heterocycles. The molecule has 1 atom stereocenters. The standard InChI is InChI=1S/C3H6NO5P.H4Si/c5-1-2(3(6)7)4-10(8)9;/h2,5H,1H2,(H,6,7)(H,4,8,9);1H4. The molecule has 0 aliphatic heterocycles. The Morgan fingerprint density at radius 3 is 2.09 bits per heavy atom. The van der Waals surface area contributed by atoms with Crippen LogP contribution in [0.25, 0.3) is 0 Å². The molecule has 0 rings (SSSR count). The zero-order valence-electron chi connectivity index (χ0n) is 4.85. The van der Waals surface area contributed by atoms with E-state index in [1.165, 1.54) is 0 Å². The smallest absolute Gasteiger partial charge is 0.396 e. The Bertz CT molecular complexity index is 184. The molecule has 0 aliphatic carbocycles. The Morgan fingerprint density at radius 1 is 1.55 bits per heavy atom. The Morgan fingerprint density at radius 2 is 2.00 bits per heavy atom. The number of aliphatic hydroxyl groups is 1. The van der Waals surface area contributed by atoms with E-state index in [2.05, 4.69) is 0 Å². The SMILES string of the molecule is O=C(O)C(CO)NP(=O)=O.[SiH4]. The summed E-state index contributed by atoms with van der Waals surface area (Å²) in [5.41, 5.74) is 0. The quantitative estimate of drug-likeness (QED) is 0.346. The van der Waals surface area contributed by atoms with Crippen molar-refractivity contribution in [1.29, 1.82) is 0 Å². The summed E-state index contributed by atoms with van der Waals surface area (Å²) in [5.74, 6) is -1.40. The number of carboxylic acid groups (broad SMARTS) is 1. The van der Waals surface area contributed by atoms with Gasteiger partial charge in [-0.1, -0.05) is 0 Å². The van der Waals surface area contributed by atoms with Gasteiger partial charge in [0.25, 0.3) is 0 Å². The van der Waals surface area contributed by atoms with E-state index in [0.717, 1.165) is 0 Å². The van der Waals surface area contributed by atoms with E-state index in [1.807, 2.05) is 0 Å². The van der Waals surface area contributed by atoms with Crippen molar-refractivity contribution in [3.63, 3.8) is 0 Å². The van der Waals surface area contributed by atoms with Crippen molar-refractivity contribution in [2.24, 2.45) is 0 Å². The van der Waals surface area contributed by atoms with Crippen LogP contribution < -0.4 is 5.09 Å². The summed E-state index contributed by atoms with van der Waals surface area (Å²) < 4.78 is 19.6. The van der Waals surface area contributed by atoms with Gasteiger partial charge < -0.3 is 10.2 Å². The Labute approximate surface area is 67.5 Å². The molecule has 11 heavy (non-hydrogen) atoms. The van der Waals surface area contributed by atoms with Crippen LogP contribution in [-0.4, -0.2) is 39.8 Å². The highest BCUT2D eigenvalue weighted by atomic mass is 31.1. The van der Waals surface area contributed by atoms with Crippen molar-refractivity contribution < 1.29 is 24.1 Å². The maximum atomic E-state index is 9.98. The Hall–Kier alpha value is -0.493. The first kappa shape index (κ1) is 13.1. The zero-order chi connectivity index (χ0) is 8.15. The fraction of sp³-hybridized carbons (Fsp3) is 0.667. The average molecular weight is 199 g/mol. The predicted octanol–water partition coefficient (Wildman–Crippen LogP) is -2.34. The third-order valence-electron chi connectivity index (χ3n) is 0.742. The van der Waals surface area contributed by atoms with Crippen LogP contribution in [-0.2, 0) is 13.9 Å². The maximum Gasteiger partial charge on any atom is 0.396 e. The van der Waals surface area contributed by atoms with Gasteiger partial charge in [0.05, 0.1) is 6.61 Å². The lowest BCUT2D eigenvalue weighted by Crippen LogP contribution is -2.34. The highest BCUT2D eigenvalue weighted by Crippen LogP contribution is 1.97. The van der Waals surface area contributed by atoms with Crippen LogP contribution in [0.15, 0.2) is 0 Å². The summed E-state index contributed by atoms with van der Waals surface area (Å²) in [5, 5.41) is 18.0. The highest BCUT2D eigenvalue weighted by Gasteiger charge is 2.16. The van der Waals surface area contributed by atoms with Crippen molar-refractivity contribution in [1.82, 2.24) is 5.09 Å². The summed E-state index contributed by atoms with van der Waals surface area (Å²) in [7, 11) is -2.97.